The Morgan fingerprint density at radius 2 is 0.982 bits per heavy atom. The number of unbranched alkanes of at least 4 members (excludes halogenated alkanes) is 12. The summed E-state index contributed by atoms with van der Waals surface area (Å²) in [6.45, 7) is 4.17. The Morgan fingerprint density at radius 1 is 0.564 bits per heavy atom. The summed E-state index contributed by atoms with van der Waals surface area (Å²) in [6, 6.07) is 0. The van der Waals surface area contributed by atoms with E-state index in [4.69, 9.17) is 18.5 Å². The van der Waals surface area contributed by atoms with E-state index in [1.165, 1.54) is 44.9 Å². The average molecular weight is 792 g/mol. The van der Waals surface area contributed by atoms with Crippen molar-refractivity contribution >= 4 is 19.8 Å². The monoisotopic (exact) mass is 792 g/mol. The number of nitrogens with zero attached hydrogens (tertiary/aromatic N) is 1. The standard InChI is InChI=1S/C45H78NO8P/c1-5-7-9-11-13-15-17-19-21-22-24-26-28-30-32-34-36-38-45(48)54-43(42-53-55(49,50)52-40-39-46(3)4)41-51-44(47)37-35-33-31-29-27-25-23-20-18-16-14-12-10-8-6-2/h13-16,19-21,23-24,26-27,29,43H,5-12,17-18,22,25,28,30-42H2,1-4H3,(H,49,50)/b15-13-,16-14-,21-19-,23-20-,26-24-,29-27-. The Labute approximate surface area is 336 Å². The van der Waals surface area contributed by atoms with Crippen LogP contribution in [0.5, 0.6) is 0 Å². The largest absolute Gasteiger partial charge is 0.472 e. The van der Waals surface area contributed by atoms with Crippen molar-refractivity contribution in [3.05, 3.63) is 72.9 Å². The maximum atomic E-state index is 12.6. The second-order valence-corrected chi connectivity index (χ2v) is 15.6. The summed E-state index contributed by atoms with van der Waals surface area (Å²) in [5.74, 6) is -0.880. The third kappa shape index (κ3) is 40.9. The van der Waals surface area contributed by atoms with Crippen molar-refractivity contribution < 1.29 is 37.6 Å². The fourth-order valence-electron chi connectivity index (χ4n) is 5.17. The highest BCUT2D eigenvalue weighted by atomic mass is 31.2. The van der Waals surface area contributed by atoms with Gasteiger partial charge in [0.15, 0.2) is 6.10 Å². The number of allylic oxidation sites excluding steroid dienone is 12. The molecule has 0 aromatic rings. The van der Waals surface area contributed by atoms with Crippen LogP contribution in [0.25, 0.3) is 0 Å². The Hall–Kier alpha value is -2.55. The van der Waals surface area contributed by atoms with Gasteiger partial charge in [-0.1, -0.05) is 125 Å². The van der Waals surface area contributed by atoms with Crippen LogP contribution in [-0.4, -0.2) is 68.3 Å². The van der Waals surface area contributed by atoms with Gasteiger partial charge in [0.2, 0.25) is 0 Å². The first kappa shape index (κ1) is 52.5. The molecule has 9 nitrogen and oxygen atoms in total. The van der Waals surface area contributed by atoms with Crippen molar-refractivity contribution in [3.63, 3.8) is 0 Å². The first-order valence-corrected chi connectivity index (χ1v) is 22.7. The maximum absolute atomic E-state index is 12.6. The SMILES string of the molecule is CCCCC/C=C\C/C=C\C/C=C\CCCCCCC(=O)OC(COC(=O)CCCC/C=C\C/C=C\C/C=C\CCCCC)COP(=O)(O)OCCN(C)C. The zero-order valence-electron chi connectivity index (χ0n) is 35.1. The number of carbonyl (C=O) groups excluding carboxylic acids is 2. The van der Waals surface area contributed by atoms with E-state index in [-0.39, 0.29) is 26.1 Å². The van der Waals surface area contributed by atoms with Gasteiger partial charge in [-0.2, -0.15) is 0 Å². The molecule has 0 saturated heterocycles. The molecule has 0 spiro atoms. The van der Waals surface area contributed by atoms with E-state index in [1.54, 1.807) is 4.90 Å². The molecule has 0 saturated carbocycles. The lowest BCUT2D eigenvalue weighted by Gasteiger charge is -2.20. The summed E-state index contributed by atoms with van der Waals surface area (Å²) in [5.41, 5.74) is 0. The fourth-order valence-corrected chi connectivity index (χ4v) is 5.91. The van der Waals surface area contributed by atoms with Crippen LogP contribution in [0, 0.1) is 0 Å². The highest BCUT2D eigenvalue weighted by Gasteiger charge is 2.26. The second-order valence-electron chi connectivity index (χ2n) is 14.2. The van der Waals surface area contributed by atoms with Crippen LogP contribution in [-0.2, 0) is 32.7 Å². The summed E-state index contributed by atoms with van der Waals surface area (Å²) in [7, 11) is -0.750. The van der Waals surface area contributed by atoms with Crippen LogP contribution in [0.2, 0.25) is 0 Å². The number of hydrogen-bond acceptors (Lipinski definition) is 8. The van der Waals surface area contributed by atoms with Gasteiger partial charge in [-0.3, -0.25) is 18.6 Å². The number of likely N-dealkylation sites (N-methyl/N-ethyl adjacent to an activating group) is 1. The summed E-state index contributed by atoms with van der Waals surface area (Å²) >= 11 is 0. The predicted octanol–water partition coefficient (Wildman–Crippen LogP) is 12.1. The van der Waals surface area contributed by atoms with Gasteiger partial charge in [0, 0.05) is 19.4 Å². The van der Waals surface area contributed by atoms with Gasteiger partial charge in [-0.15, -0.1) is 0 Å². The van der Waals surface area contributed by atoms with E-state index < -0.39 is 32.5 Å². The number of phosphoric ester groups is 1. The van der Waals surface area contributed by atoms with E-state index >= 15 is 0 Å². The van der Waals surface area contributed by atoms with E-state index in [0.29, 0.717) is 19.4 Å². The first-order chi connectivity index (χ1) is 26.7. The summed E-state index contributed by atoms with van der Waals surface area (Å²) < 4.78 is 33.4. The molecule has 0 fully saturated rings. The molecule has 55 heavy (non-hydrogen) atoms. The lowest BCUT2D eigenvalue weighted by atomic mass is 10.1. The quantitative estimate of drug-likeness (QED) is 0.0283. The molecular weight excluding hydrogens is 713 g/mol. The number of esters is 2. The molecule has 0 aromatic heterocycles. The van der Waals surface area contributed by atoms with E-state index in [0.717, 1.165) is 70.6 Å². The zero-order valence-corrected chi connectivity index (χ0v) is 36.0. The number of ether oxygens (including phenoxy) is 2. The normalized spacial score (nSPS) is 14.1. The topological polar surface area (TPSA) is 112 Å². The molecule has 2 unspecified atom stereocenters. The second kappa shape index (κ2) is 39.7. The minimum atomic E-state index is -4.38. The fraction of sp³-hybridized carbons (Fsp3) is 0.689. The van der Waals surface area contributed by atoms with Gasteiger partial charge in [-0.25, -0.2) is 4.57 Å². The Kier molecular flexibility index (Phi) is 37.8. The van der Waals surface area contributed by atoms with Crippen molar-refractivity contribution in [2.75, 3.05) is 40.5 Å². The third-order valence-corrected chi connectivity index (χ3v) is 9.47. The molecular formula is C45H78NO8P. The van der Waals surface area contributed by atoms with Gasteiger partial charge in [-0.05, 0) is 104 Å². The predicted molar refractivity (Wildman–Crippen MR) is 229 cm³/mol. The molecule has 10 heteroatoms. The van der Waals surface area contributed by atoms with Crippen molar-refractivity contribution in [2.45, 2.75) is 161 Å². The number of phosphoric acid groups is 1. The molecule has 316 valence electrons. The molecule has 0 bridgehead atoms. The van der Waals surface area contributed by atoms with Crippen LogP contribution in [0.15, 0.2) is 72.9 Å². The zero-order chi connectivity index (χ0) is 40.5. The van der Waals surface area contributed by atoms with Crippen molar-refractivity contribution in [3.8, 4) is 0 Å². The summed E-state index contributed by atoms with van der Waals surface area (Å²) in [5, 5.41) is 0. The Morgan fingerprint density at radius 3 is 1.47 bits per heavy atom. The minimum absolute atomic E-state index is 0.00702. The van der Waals surface area contributed by atoms with Gasteiger partial charge in [0.1, 0.15) is 6.61 Å². The summed E-state index contributed by atoms with van der Waals surface area (Å²) in [6.07, 6.45) is 46.6. The lowest BCUT2D eigenvalue weighted by Crippen LogP contribution is -2.29. The average Bonchev–Trinajstić information content (AvgIpc) is 3.15. The van der Waals surface area contributed by atoms with Gasteiger partial charge >= 0.3 is 19.8 Å². The molecule has 0 aliphatic heterocycles. The molecule has 0 aliphatic rings. The smallest absolute Gasteiger partial charge is 0.462 e. The minimum Gasteiger partial charge on any atom is -0.462 e. The van der Waals surface area contributed by atoms with Crippen molar-refractivity contribution in [1.29, 1.82) is 0 Å². The van der Waals surface area contributed by atoms with Crippen LogP contribution < -0.4 is 0 Å². The highest BCUT2D eigenvalue weighted by molar-refractivity contribution is 7.47. The van der Waals surface area contributed by atoms with Crippen LogP contribution in [0.4, 0.5) is 0 Å². The maximum Gasteiger partial charge on any atom is 0.472 e. The lowest BCUT2D eigenvalue weighted by molar-refractivity contribution is -0.161. The van der Waals surface area contributed by atoms with Gasteiger partial charge < -0.3 is 19.3 Å². The molecule has 0 aromatic carbocycles. The number of carbonyl (C=O) groups is 2. The van der Waals surface area contributed by atoms with Crippen molar-refractivity contribution in [1.82, 2.24) is 4.90 Å². The Bertz CT molecular complexity index is 1140. The highest BCUT2D eigenvalue weighted by Crippen LogP contribution is 2.43. The Balaban J connectivity index is 4.44. The van der Waals surface area contributed by atoms with E-state index in [2.05, 4.69) is 86.8 Å². The number of hydrogen-bond donors (Lipinski definition) is 1. The molecule has 2 atom stereocenters. The molecule has 0 heterocycles. The molecule has 1 N–H and O–H groups in total. The van der Waals surface area contributed by atoms with E-state index in [1.807, 2.05) is 14.1 Å². The molecule has 0 rings (SSSR count). The number of rotatable bonds is 38. The molecule has 0 radical (unpaired) electrons. The first-order valence-electron chi connectivity index (χ1n) is 21.2. The van der Waals surface area contributed by atoms with Crippen LogP contribution in [0.3, 0.4) is 0 Å². The van der Waals surface area contributed by atoms with E-state index in [9.17, 15) is 19.0 Å². The van der Waals surface area contributed by atoms with Crippen LogP contribution >= 0.6 is 7.82 Å². The van der Waals surface area contributed by atoms with Gasteiger partial charge in [0.05, 0.1) is 13.2 Å². The van der Waals surface area contributed by atoms with Gasteiger partial charge in [0.25, 0.3) is 0 Å². The molecule has 0 aliphatic carbocycles. The van der Waals surface area contributed by atoms with Crippen molar-refractivity contribution in [2.24, 2.45) is 0 Å². The summed E-state index contributed by atoms with van der Waals surface area (Å²) in [4.78, 5) is 37.0. The van der Waals surface area contributed by atoms with Crippen LogP contribution in [0.1, 0.15) is 155 Å². The molecule has 0 amide bonds. The third-order valence-electron chi connectivity index (χ3n) is 8.49.